The number of aromatic nitrogens is 1. The zero-order chi connectivity index (χ0) is 9.97. The summed E-state index contributed by atoms with van der Waals surface area (Å²) in [7, 11) is 0. The largest absolute Gasteiger partial charge is 0.265 e. The first kappa shape index (κ1) is 9.87. The summed E-state index contributed by atoms with van der Waals surface area (Å²) >= 11 is 7.07. The maximum atomic E-state index is 4.00. The van der Waals surface area contributed by atoms with Gasteiger partial charge in [0, 0.05) is 26.9 Å². The Kier molecular flexibility index (Phi) is 2.99. The quantitative estimate of drug-likeness (QED) is 0.766. The molecule has 1 nitrogen and oxygen atoms in total. The van der Waals surface area contributed by atoms with Crippen LogP contribution in [0.15, 0.2) is 51.7 Å². The summed E-state index contributed by atoms with van der Waals surface area (Å²) in [4.78, 5) is 4.00. The number of pyridine rings is 1. The summed E-state index contributed by atoms with van der Waals surface area (Å²) in [5, 5.41) is 0. The maximum Gasteiger partial charge on any atom is 0.0273 e. The molecule has 0 atom stereocenters. The summed E-state index contributed by atoms with van der Waals surface area (Å²) in [6.07, 6.45) is 3.59. The van der Waals surface area contributed by atoms with Gasteiger partial charge in [0.15, 0.2) is 0 Å². The lowest BCUT2D eigenvalue weighted by Gasteiger charge is -2.06. The first-order valence-electron chi connectivity index (χ1n) is 4.13. The van der Waals surface area contributed by atoms with Crippen molar-refractivity contribution in [3.8, 4) is 11.1 Å². The van der Waals surface area contributed by atoms with Crippen molar-refractivity contribution in [2.45, 2.75) is 0 Å². The van der Waals surface area contributed by atoms with Gasteiger partial charge in [-0.05, 0) is 29.8 Å². The van der Waals surface area contributed by atoms with Gasteiger partial charge in [-0.2, -0.15) is 0 Å². The van der Waals surface area contributed by atoms with Crippen LogP contribution in [0.3, 0.4) is 0 Å². The molecule has 0 N–H and O–H groups in total. The van der Waals surface area contributed by atoms with E-state index in [0.29, 0.717) is 0 Å². The highest BCUT2D eigenvalue weighted by Gasteiger charge is 2.05. The van der Waals surface area contributed by atoms with E-state index in [1.165, 1.54) is 0 Å². The molecule has 0 unspecified atom stereocenters. The lowest BCUT2D eigenvalue weighted by molar-refractivity contribution is 1.33. The fourth-order valence-electron chi connectivity index (χ4n) is 1.29. The van der Waals surface area contributed by atoms with Gasteiger partial charge in [-0.15, -0.1) is 0 Å². The van der Waals surface area contributed by atoms with Gasteiger partial charge in [-0.1, -0.05) is 37.9 Å². The average Bonchev–Trinajstić information content (AvgIpc) is 2.19. The molecule has 0 aliphatic heterocycles. The topological polar surface area (TPSA) is 12.9 Å². The molecule has 3 heteroatoms. The van der Waals surface area contributed by atoms with Crippen LogP contribution in [0.25, 0.3) is 11.1 Å². The molecule has 0 aliphatic rings. The Hall–Kier alpha value is -0.670. The molecule has 0 saturated carbocycles. The SMILES string of the molecule is Brc1cccc(Br)c1-c1ccncc1. The second kappa shape index (κ2) is 4.24. The number of hydrogen-bond acceptors (Lipinski definition) is 1. The normalized spacial score (nSPS) is 10.1. The molecule has 1 aromatic carbocycles. The van der Waals surface area contributed by atoms with Crippen LogP contribution >= 0.6 is 31.9 Å². The molecule has 2 aromatic rings. The number of benzene rings is 1. The summed E-state index contributed by atoms with van der Waals surface area (Å²) in [5.74, 6) is 0. The summed E-state index contributed by atoms with van der Waals surface area (Å²) in [5.41, 5.74) is 2.31. The lowest BCUT2D eigenvalue weighted by Crippen LogP contribution is -1.82. The first-order valence-corrected chi connectivity index (χ1v) is 5.72. The number of nitrogens with zero attached hydrogens (tertiary/aromatic N) is 1. The van der Waals surface area contributed by atoms with Crippen molar-refractivity contribution in [3.63, 3.8) is 0 Å². The van der Waals surface area contributed by atoms with Gasteiger partial charge < -0.3 is 0 Å². The van der Waals surface area contributed by atoms with E-state index in [1.54, 1.807) is 12.4 Å². The summed E-state index contributed by atoms with van der Waals surface area (Å²) < 4.78 is 2.16. The van der Waals surface area contributed by atoms with E-state index in [-0.39, 0.29) is 0 Å². The van der Waals surface area contributed by atoms with E-state index in [4.69, 9.17) is 0 Å². The molecule has 0 aliphatic carbocycles. The molecule has 2 rings (SSSR count). The first-order chi connectivity index (χ1) is 6.79. The third-order valence-electron chi connectivity index (χ3n) is 1.93. The molecule has 0 fully saturated rings. The summed E-state index contributed by atoms with van der Waals surface area (Å²) in [6.45, 7) is 0. The van der Waals surface area contributed by atoms with E-state index >= 15 is 0 Å². The molecule has 0 bridgehead atoms. The molecule has 0 saturated heterocycles. The smallest absolute Gasteiger partial charge is 0.0273 e. The Morgan fingerprint density at radius 2 is 1.43 bits per heavy atom. The molecule has 0 amide bonds. The Labute approximate surface area is 99.4 Å². The molecule has 1 aromatic heterocycles. The van der Waals surface area contributed by atoms with E-state index in [0.717, 1.165) is 20.1 Å². The molecule has 14 heavy (non-hydrogen) atoms. The van der Waals surface area contributed by atoms with Gasteiger partial charge in [0.2, 0.25) is 0 Å². The molecular formula is C11H7Br2N. The second-order valence-corrected chi connectivity index (χ2v) is 4.54. The van der Waals surface area contributed by atoms with E-state index < -0.39 is 0 Å². The number of halogens is 2. The molecule has 70 valence electrons. The third-order valence-corrected chi connectivity index (χ3v) is 3.25. The van der Waals surface area contributed by atoms with Crippen molar-refractivity contribution < 1.29 is 0 Å². The predicted molar refractivity (Wildman–Crippen MR) is 65.1 cm³/mol. The zero-order valence-electron chi connectivity index (χ0n) is 7.24. The van der Waals surface area contributed by atoms with Crippen LogP contribution in [-0.4, -0.2) is 4.98 Å². The lowest BCUT2D eigenvalue weighted by atomic mass is 10.1. The maximum absolute atomic E-state index is 4.00. The minimum Gasteiger partial charge on any atom is -0.265 e. The van der Waals surface area contributed by atoms with Crippen molar-refractivity contribution in [2.24, 2.45) is 0 Å². The van der Waals surface area contributed by atoms with Crippen LogP contribution in [0.4, 0.5) is 0 Å². The summed E-state index contributed by atoms with van der Waals surface area (Å²) in [6, 6.07) is 10.0. The molecule has 0 radical (unpaired) electrons. The fraction of sp³-hybridized carbons (Fsp3) is 0. The van der Waals surface area contributed by atoms with Crippen molar-refractivity contribution >= 4 is 31.9 Å². The van der Waals surface area contributed by atoms with Gasteiger partial charge in [-0.3, -0.25) is 4.98 Å². The standard InChI is InChI=1S/C11H7Br2N/c12-9-2-1-3-10(13)11(9)8-4-6-14-7-5-8/h1-7H. The third kappa shape index (κ3) is 1.88. The highest BCUT2D eigenvalue weighted by Crippen LogP contribution is 2.34. The van der Waals surface area contributed by atoms with Crippen molar-refractivity contribution in [2.75, 3.05) is 0 Å². The highest BCUT2D eigenvalue weighted by atomic mass is 79.9. The molecular weight excluding hydrogens is 306 g/mol. The van der Waals surface area contributed by atoms with Gasteiger partial charge in [-0.25, -0.2) is 0 Å². The number of hydrogen-bond donors (Lipinski definition) is 0. The van der Waals surface area contributed by atoms with E-state index in [2.05, 4.69) is 36.8 Å². The Balaban J connectivity index is 2.63. The van der Waals surface area contributed by atoms with Crippen LogP contribution in [-0.2, 0) is 0 Å². The van der Waals surface area contributed by atoms with Crippen LogP contribution in [0, 0.1) is 0 Å². The van der Waals surface area contributed by atoms with Crippen molar-refractivity contribution in [1.29, 1.82) is 0 Å². The van der Waals surface area contributed by atoms with Crippen LogP contribution in [0.2, 0.25) is 0 Å². The Bertz CT molecular complexity index is 420. The van der Waals surface area contributed by atoms with Crippen LogP contribution in [0.1, 0.15) is 0 Å². The highest BCUT2D eigenvalue weighted by molar-refractivity contribution is 9.11. The zero-order valence-corrected chi connectivity index (χ0v) is 10.4. The minimum atomic E-state index is 1.08. The molecule has 1 heterocycles. The Morgan fingerprint density at radius 3 is 2.00 bits per heavy atom. The molecule has 0 spiro atoms. The van der Waals surface area contributed by atoms with E-state index in [9.17, 15) is 0 Å². The van der Waals surface area contributed by atoms with Crippen molar-refractivity contribution in [3.05, 3.63) is 51.7 Å². The number of rotatable bonds is 1. The second-order valence-electron chi connectivity index (χ2n) is 2.83. The van der Waals surface area contributed by atoms with Gasteiger partial charge >= 0.3 is 0 Å². The average molecular weight is 313 g/mol. The van der Waals surface area contributed by atoms with E-state index in [1.807, 2.05) is 30.3 Å². The Morgan fingerprint density at radius 1 is 0.857 bits per heavy atom. The predicted octanol–water partition coefficient (Wildman–Crippen LogP) is 4.27. The fourth-order valence-corrected chi connectivity index (χ4v) is 2.75. The van der Waals surface area contributed by atoms with Gasteiger partial charge in [0.05, 0.1) is 0 Å². The monoisotopic (exact) mass is 311 g/mol. The van der Waals surface area contributed by atoms with Gasteiger partial charge in [0.1, 0.15) is 0 Å². The minimum absolute atomic E-state index is 1.08. The van der Waals surface area contributed by atoms with Crippen LogP contribution in [0.5, 0.6) is 0 Å². The van der Waals surface area contributed by atoms with Gasteiger partial charge in [0.25, 0.3) is 0 Å². The van der Waals surface area contributed by atoms with Crippen LogP contribution < -0.4 is 0 Å². The van der Waals surface area contributed by atoms with Crippen molar-refractivity contribution in [1.82, 2.24) is 4.98 Å².